The molecule has 0 radical (unpaired) electrons. The smallest absolute Gasteiger partial charge is 0.331 e. The van der Waals surface area contributed by atoms with Crippen molar-refractivity contribution in [2.45, 2.75) is 6.92 Å². The topological polar surface area (TPSA) is 110 Å². The number of hydrogen-bond donors (Lipinski definition) is 2. The van der Waals surface area contributed by atoms with Crippen molar-refractivity contribution in [1.29, 1.82) is 0 Å². The molecule has 1 fully saturated rings. The van der Waals surface area contributed by atoms with Crippen LogP contribution in [0.1, 0.15) is 12.5 Å². The number of phenolic OH excluding ortho intramolecular Hbond substituents is 1. The maximum absolute atomic E-state index is 11.7. The van der Waals surface area contributed by atoms with Gasteiger partial charge in [-0.25, -0.2) is 4.79 Å². The van der Waals surface area contributed by atoms with E-state index in [1.165, 1.54) is 13.3 Å². The fourth-order valence-corrected chi connectivity index (χ4v) is 3.10. The van der Waals surface area contributed by atoms with E-state index >= 15 is 0 Å². The average Bonchev–Trinajstić information content (AvgIpc) is 2.96. The number of carbonyl (C=O) groups is 2. The molecular formula is C15H13BrClN3O5S. The lowest BCUT2D eigenvalue weighted by Crippen LogP contribution is -2.19. The zero-order valence-electron chi connectivity index (χ0n) is 13.6. The second-order valence-electron chi connectivity index (χ2n) is 4.61. The molecule has 2 rings (SSSR count). The lowest BCUT2D eigenvalue weighted by atomic mass is 10.2. The minimum Gasteiger partial charge on any atom is -0.503 e. The van der Waals surface area contributed by atoms with Crippen LogP contribution in [0.15, 0.2) is 31.7 Å². The fraction of sp³-hybridized carbons (Fsp3) is 0.200. The van der Waals surface area contributed by atoms with Crippen LogP contribution in [0.4, 0.5) is 0 Å². The predicted molar refractivity (Wildman–Crippen MR) is 103 cm³/mol. The summed E-state index contributed by atoms with van der Waals surface area (Å²) >= 11 is 10.3. The Labute approximate surface area is 166 Å². The molecule has 0 atom stereocenters. The zero-order valence-corrected chi connectivity index (χ0v) is 16.7. The number of carbonyl (C=O) groups excluding carboxylic acids is 2. The van der Waals surface area contributed by atoms with E-state index in [9.17, 15) is 14.7 Å². The third-order valence-electron chi connectivity index (χ3n) is 2.92. The molecule has 0 aliphatic carbocycles. The van der Waals surface area contributed by atoms with E-state index in [0.717, 1.165) is 17.8 Å². The summed E-state index contributed by atoms with van der Waals surface area (Å²) in [5.74, 6) is -1.08. The Hall–Kier alpha value is -2.04. The van der Waals surface area contributed by atoms with E-state index in [1.54, 1.807) is 13.0 Å². The molecule has 1 aromatic carbocycles. The molecular weight excluding hydrogens is 450 g/mol. The first-order valence-electron chi connectivity index (χ1n) is 7.11. The molecule has 11 heteroatoms. The summed E-state index contributed by atoms with van der Waals surface area (Å²) in [4.78, 5) is 23.1. The van der Waals surface area contributed by atoms with Crippen molar-refractivity contribution in [3.63, 3.8) is 0 Å². The minimum atomic E-state index is -0.640. The van der Waals surface area contributed by atoms with Crippen molar-refractivity contribution in [2.75, 3.05) is 13.7 Å². The van der Waals surface area contributed by atoms with Gasteiger partial charge in [-0.2, -0.15) is 5.10 Å². The predicted octanol–water partition coefficient (Wildman–Crippen LogP) is 2.82. The molecule has 1 aromatic rings. The molecule has 138 valence electrons. The van der Waals surface area contributed by atoms with Gasteiger partial charge < -0.3 is 14.6 Å². The maximum Gasteiger partial charge on any atom is 0.331 e. The normalized spacial score (nSPS) is 17.2. The largest absolute Gasteiger partial charge is 0.503 e. The number of hydrogen-bond acceptors (Lipinski definition) is 8. The number of phenols is 1. The summed E-state index contributed by atoms with van der Waals surface area (Å²) in [5.41, 5.74) is 0.514. The van der Waals surface area contributed by atoms with Crippen LogP contribution in [0.25, 0.3) is 0 Å². The van der Waals surface area contributed by atoms with E-state index in [0.29, 0.717) is 16.6 Å². The molecule has 26 heavy (non-hydrogen) atoms. The number of esters is 1. The van der Waals surface area contributed by atoms with E-state index in [4.69, 9.17) is 16.3 Å². The molecule has 1 saturated heterocycles. The van der Waals surface area contributed by atoms with Gasteiger partial charge in [0.15, 0.2) is 16.7 Å². The Kier molecular flexibility index (Phi) is 7.06. The van der Waals surface area contributed by atoms with Crippen LogP contribution in [0.2, 0.25) is 5.02 Å². The zero-order chi connectivity index (χ0) is 19.3. The second-order valence-corrected chi connectivity index (χ2v) is 6.81. The first-order valence-corrected chi connectivity index (χ1v) is 9.09. The van der Waals surface area contributed by atoms with Crippen LogP contribution in [-0.2, 0) is 14.3 Å². The number of amidine groups is 1. The van der Waals surface area contributed by atoms with Crippen molar-refractivity contribution in [2.24, 2.45) is 10.2 Å². The first-order chi connectivity index (χ1) is 12.4. The quantitative estimate of drug-likeness (QED) is 0.301. The number of aromatic hydroxyl groups is 1. The molecule has 2 N–H and O–H groups in total. The van der Waals surface area contributed by atoms with Gasteiger partial charge in [-0.05, 0) is 40.7 Å². The van der Waals surface area contributed by atoms with Gasteiger partial charge in [-0.1, -0.05) is 11.6 Å². The van der Waals surface area contributed by atoms with Crippen molar-refractivity contribution < 1.29 is 24.2 Å². The van der Waals surface area contributed by atoms with E-state index in [2.05, 4.69) is 36.2 Å². The van der Waals surface area contributed by atoms with E-state index in [-0.39, 0.29) is 26.6 Å². The van der Waals surface area contributed by atoms with Crippen LogP contribution >= 0.6 is 39.3 Å². The number of methoxy groups -OCH3 is 1. The SMILES string of the molecule is CCOc1cc(C=N/N=C2/NC(=O)/C(=C\C(=O)OC)S2)c(Br)c(Cl)c1O. The highest BCUT2D eigenvalue weighted by molar-refractivity contribution is 9.10. The van der Waals surface area contributed by atoms with Gasteiger partial charge in [0.05, 0.1) is 24.8 Å². The summed E-state index contributed by atoms with van der Waals surface area (Å²) in [6.45, 7) is 2.12. The van der Waals surface area contributed by atoms with Crippen molar-refractivity contribution in [1.82, 2.24) is 5.32 Å². The Morgan fingerprint density at radius 3 is 2.92 bits per heavy atom. The Balaban J connectivity index is 2.21. The highest BCUT2D eigenvalue weighted by atomic mass is 79.9. The molecule has 0 aromatic heterocycles. The van der Waals surface area contributed by atoms with Crippen LogP contribution < -0.4 is 10.1 Å². The number of amides is 1. The Morgan fingerprint density at radius 2 is 2.27 bits per heavy atom. The third kappa shape index (κ3) is 4.77. The lowest BCUT2D eigenvalue weighted by molar-refractivity contribution is -0.135. The number of ether oxygens (including phenoxy) is 2. The molecule has 1 aliphatic rings. The van der Waals surface area contributed by atoms with Gasteiger partial charge in [0.25, 0.3) is 5.91 Å². The monoisotopic (exact) mass is 461 g/mol. The van der Waals surface area contributed by atoms with Crippen LogP contribution in [-0.4, -0.2) is 42.1 Å². The van der Waals surface area contributed by atoms with Gasteiger partial charge >= 0.3 is 5.97 Å². The number of thioether (sulfide) groups is 1. The molecule has 0 bridgehead atoms. The van der Waals surface area contributed by atoms with Crippen molar-refractivity contribution >= 4 is 62.6 Å². The van der Waals surface area contributed by atoms with Crippen molar-refractivity contribution in [3.8, 4) is 11.5 Å². The third-order valence-corrected chi connectivity index (χ3v) is 5.27. The summed E-state index contributed by atoms with van der Waals surface area (Å²) in [6.07, 6.45) is 2.44. The molecule has 1 aliphatic heterocycles. The molecule has 0 spiro atoms. The minimum absolute atomic E-state index is 0.0805. The van der Waals surface area contributed by atoms with Gasteiger partial charge in [-0.15, -0.1) is 5.10 Å². The Bertz CT molecular complexity index is 841. The summed E-state index contributed by atoms with van der Waals surface area (Å²) in [5, 5.41) is 20.4. The van der Waals surface area contributed by atoms with Crippen LogP contribution in [0.5, 0.6) is 11.5 Å². The fourth-order valence-electron chi connectivity index (χ4n) is 1.76. The van der Waals surface area contributed by atoms with Gasteiger partial charge in [0, 0.05) is 16.1 Å². The number of rotatable bonds is 5. The average molecular weight is 463 g/mol. The summed E-state index contributed by atoms with van der Waals surface area (Å²) < 4.78 is 10.2. The summed E-state index contributed by atoms with van der Waals surface area (Å²) in [7, 11) is 1.22. The highest BCUT2D eigenvalue weighted by Gasteiger charge is 2.25. The van der Waals surface area contributed by atoms with Gasteiger partial charge in [0.2, 0.25) is 0 Å². The van der Waals surface area contributed by atoms with E-state index in [1.807, 2.05) is 0 Å². The Morgan fingerprint density at radius 1 is 1.54 bits per heavy atom. The van der Waals surface area contributed by atoms with Crippen LogP contribution in [0.3, 0.4) is 0 Å². The van der Waals surface area contributed by atoms with Crippen molar-refractivity contribution in [3.05, 3.63) is 32.1 Å². The molecule has 8 nitrogen and oxygen atoms in total. The number of nitrogens with zero attached hydrogens (tertiary/aromatic N) is 2. The number of nitrogens with one attached hydrogen (secondary N) is 1. The highest BCUT2D eigenvalue weighted by Crippen LogP contribution is 2.41. The molecule has 0 unspecified atom stereocenters. The number of benzene rings is 1. The standard InChI is InChI=1S/C15H13BrClN3O5S/c1-3-25-8-4-7(11(16)12(17)13(8)22)6-18-20-15-19-14(23)9(26-15)5-10(21)24-2/h4-6,22H,3H2,1-2H3,(H,19,20,23)/b9-5+,18-6?. The summed E-state index contributed by atoms with van der Waals surface area (Å²) in [6, 6.07) is 1.54. The van der Waals surface area contributed by atoms with E-state index < -0.39 is 11.9 Å². The van der Waals surface area contributed by atoms with Gasteiger partial charge in [0.1, 0.15) is 5.02 Å². The molecule has 1 amide bonds. The number of halogens is 2. The van der Waals surface area contributed by atoms with Crippen LogP contribution in [0, 0.1) is 0 Å². The molecule has 0 saturated carbocycles. The second kappa shape index (κ2) is 9.06. The first kappa shape index (κ1) is 20.3. The maximum atomic E-state index is 11.7. The lowest BCUT2D eigenvalue weighted by Gasteiger charge is -2.10. The molecule has 1 heterocycles. The van der Waals surface area contributed by atoms with Gasteiger partial charge in [-0.3, -0.25) is 10.1 Å².